The number of rotatable bonds is 8. The number of halogens is 1. The zero-order chi connectivity index (χ0) is 26.6. The number of piperidine rings is 1. The van der Waals surface area contributed by atoms with E-state index in [0.717, 1.165) is 64.2 Å². The van der Waals surface area contributed by atoms with Crippen molar-refractivity contribution in [2.45, 2.75) is 44.8 Å². The summed E-state index contributed by atoms with van der Waals surface area (Å²) in [5.74, 6) is 0.0582. The molecule has 38 heavy (non-hydrogen) atoms. The largest absolute Gasteiger partial charge is 0.395 e. The van der Waals surface area contributed by atoms with Crippen LogP contribution in [0.2, 0.25) is 5.15 Å². The molecule has 1 amide bonds. The van der Waals surface area contributed by atoms with Crippen LogP contribution in [0.25, 0.3) is 5.65 Å². The van der Waals surface area contributed by atoms with Gasteiger partial charge in [0.15, 0.2) is 22.5 Å². The Hall–Kier alpha value is -2.99. The van der Waals surface area contributed by atoms with Crippen LogP contribution in [-0.2, 0) is 6.54 Å². The lowest BCUT2D eigenvalue weighted by atomic mass is 9.98. The van der Waals surface area contributed by atoms with E-state index in [1.54, 1.807) is 0 Å². The topological polar surface area (TPSA) is 128 Å². The predicted octanol–water partition coefficient (Wildman–Crippen LogP) is 1.65. The van der Waals surface area contributed by atoms with Crippen LogP contribution in [0, 0.1) is 0 Å². The monoisotopic (exact) mass is 541 g/mol. The van der Waals surface area contributed by atoms with Gasteiger partial charge in [0.25, 0.3) is 5.91 Å². The van der Waals surface area contributed by atoms with E-state index >= 15 is 0 Å². The third-order valence-corrected chi connectivity index (χ3v) is 7.91. The van der Waals surface area contributed by atoms with Crippen LogP contribution in [0.1, 0.15) is 42.2 Å². The number of aliphatic hydroxyl groups excluding tert-OH is 1. The van der Waals surface area contributed by atoms with Crippen LogP contribution < -0.4 is 16.0 Å². The predicted molar refractivity (Wildman–Crippen MR) is 147 cm³/mol. The number of aromatic nitrogens is 4. The van der Waals surface area contributed by atoms with Crippen molar-refractivity contribution in [3.8, 4) is 0 Å². The number of nitrogens with zero attached hydrogens (tertiary/aromatic N) is 7. The summed E-state index contributed by atoms with van der Waals surface area (Å²) >= 11 is 6.47. The number of carbonyl (C=O) groups excluding carboxylic acids is 1. The molecular weight excluding hydrogens is 506 g/mol. The van der Waals surface area contributed by atoms with Gasteiger partial charge in [0.1, 0.15) is 5.65 Å². The molecule has 3 aromatic rings. The smallest absolute Gasteiger partial charge is 0.273 e. The van der Waals surface area contributed by atoms with Gasteiger partial charge in [-0.25, -0.2) is 15.0 Å². The van der Waals surface area contributed by atoms with E-state index in [4.69, 9.17) is 22.4 Å². The van der Waals surface area contributed by atoms with Crippen molar-refractivity contribution in [3.05, 3.63) is 47.1 Å². The highest BCUT2D eigenvalue weighted by Gasteiger charge is 2.34. The van der Waals surface area contributed by atoms with E-state index < -0.39 is 5.91 Å². The molecule has 0 aliphatic carbocycles. The Balaban J connectivity index is 1.18. The fourth-order valence-corrected chi connectivity index (χ4v) is 5.92. The maximum absolute atomic E-state index is 12.3. The fourth-order valence-electron chi connectivity index (χ4n) is 5.67. The lowest BCUT2D eigenvalue weighted by molar-refractivity contribution is 0.0610. The number of hydrogen-bond acceptors (Lipinski definition) is 9. The van der Waals surface area contributed by atoms with E-state index in [-0.39, 0.29) is 29.8 Å². The van der Waals surface area contributed by atoms with Crippen LogP contribution >= 0.6 is 11.6 Å². The molecule has 4 N–H and O–H groups in total. The van der Waals surface area contributed by atoms with Gasteiger partial charge in [-0.3, -0.25) is 14.6 Å². The number of nitrogens with two attached hydrogens (primary N) is 1. The molecule has 3 aromatic heterocycles. The zero-order valence-corrected chi connectivity index (χ0v) is 22.5. The second kappa shape index (κ2) is 11.8. The highest BCUT2D eigenvalue weighted by molar-refractivity contribution is 6.32. The second-order valence-electron chi connectivity index (χ2n) is 10.0. The van der Waals surface area contributed by atoms with Crippen molar-refractivity contribution in [1.29, 1.82) is 0 Å². The van der Waals surface area contributed by atoms with Crippen molar-refractivity contribution in [3.63, 3.8) is 0 Å². The van der Waals surface area contributed by atoms with Crippen molar-refractivity contribution in [2.75, 3.05) is 56.5 Å². The average molecular weight is 542 g/mol. The molecule has 1 atom stereocenters. The minimum absolute atomic E-state index is 0.0189. The molecule has 2 fully saturated rings. The van der Waals surface area contributed by atoms with Gasteiger partial charge in [-0.05, 0) is 44.0 Å². The Kier molecular flexibility index (Phi) is 8.27. The Morgan fingerprint density at radius 2 is 2.03 bits per heavy atom. The summed E-state index contributed by atoms with van der Waals surface area (Å²) < 4.78 is 2.08. The Morgan fingerprint density at radius 3 is 2.79 bits per heavy atom. The van der Waals surface area contributed by atoms with Crippen molar-refractivity contribution in [2.24, 2.45) is 0 Å². The molecule has 5 heterocycles. The third kappa shape index (κ3) is 5.70. The highest BCUT2D eigenvalue weighted by Crippen LogP contribution is 2.30. The highest BCUT2D eigenvalue weighted by atomic mass is 35.5. The van der Waals surface area contributed by atoms with Gasteiger partial charge in [0, 0.05) is 63.4 Å². The minimum Gasteiger partial charge on any atom is -0.395 e. The summed E-state index contributed by atoms with van der Waals surface area (Å²) in [5.41, 5.74) is 8.34. The summed E-state index contributed by atoms with van der Waals surface area (Å²) in [7, 11) is 0. The molecule has 0 aromatic carbocycles. The van der Waals surface area contributed by atoms with Gasteiger partial charge >= 0.3 is 0 Å². The Bertz CT molecular complexity index is 1260. The third-order valence-electron chi connectivity index (χ3n) is 7.66. The van der Waals surface area contributed by atoms with E-state index in [1.165, 1.54) is 5.56 Å². The molecule has 5 rings (SSSR count). The minimum atomic E-state index is -0.498. The van der Waals surface area contributed by atoms with Crippen LogP contribution in [0.3, 0.4) is 0 Å². The van der Waals surface area contributed by atoms with Crippen molar-refractivity contribution >= 4 is 34.8 Å². The van der Waals surface area contributed by atoms with E-state index in [2.05, 4.69) is 64.6 Å². The first kappa shape index (κ1) is 26.6. The van der Waals surface area contributed by atoms with Gasteiger partial charge in [-0.15, -0.1) is 0 Å². The van der Waals surface area contributed by atoms with Crippen molar-refractivity contribution < 1.29 is 9.90 Å². The molecule has 204 valence electrons. The molecule has 11 nitrogen and oxygen atoms in total. The molecule has 0 radical (unpaired) electrons. The van der Waals surface area contributed by atoms with Crippen LogP contribution in [0.4, 0.5) is 11.6 Å². The lowest BCUT2D eigenvalue weighted by Gasteiger charge is -2.47. The van der Waals surface area contributed by atoms with E-state index in [1.807, 2.05) is 12.4 Å². The Labute approximate surface area is 227 Å². The van der Waals surface area contributed by atoms with E-state index in [9.17, 15) is 4.79 Å². The van der Waals surface area contributed by atoms with Gasteiger partial charge in [0.2, 0.25) is 0 Å². The number of carbonyl (C=O) groups is 1. The number of imidazole rings is 1. The zero-order valence-electron chi connectivity index (χ0n) is 21.8. The van der Waals surface area contributed by atoms with Crippen LogP contribution in [-0.4, -0.2) is 98.1 Å². The van der Waals surface area contributed by atoms with Crippen LogP contribution in [0.5, 0.6) is 0 Å². The summed E-state index contributed by atoms with van der Waals surface area (Å²) in [6.45, 7) is 7.74. The second-order valence-corrected chi connectivity index (χ2v) is 10.4. The van der Waals surface area contributed by atoms with Gasteiger partial charge in [-0.1, -0.05) is 24.6 Å². The first-order valence-corrected chi connectivity index (χ1v) is 13.7. The number of nitrogens with one attached hydrogen (secondary N) is 1. The number of hydrogen-bond donors (Lipinski definition) is 3. The summed E-state index contributed by atoms with van der Waals surface area (Å²) in [4.78, 5) is 32.6. The van der Waals surface area contributed by atoms with Crippen LogP contribution in [0.15, 0.2) is 30.7 Å². The van der Waals surface area contributed by atoms with Gasteiger partial charge < -0.3 is 25.5 Å². The number of likely N-dealkylation sites (tertiary alicyclic amines) is 1. The molecule has 0 unspecified atom stereocenters. The quantitative estimate of drug-likeness (QED) is 0.390. The number of fused-ring (bicyclic) bond motifs is 1. The van der Waals surface area contributed by atoms with E-state index in [0.29, 0.717) is 17.9 Å². The maximum Gasteiger partial charge on any atom is 0.273 e. The number of amides is 1. The molecular formula is C26H36ClN9O2. The molecule has 0 saturated carbocycles. The summed E-state index contributed by atoms with van der Waals surface area (Å²) in [6.07, 6.45) is 9.31. The number of nitrogen functional groups attached to an aromatic ring is 1. The molecule has 0 bridgehead atoms. The van der Waals surface area contributed by atoms with Gasteiger partial charge in [0.05, 0.1) is 6.61 Å². The lowest BCUT2D eigenvalue weighted by Crippen LogP contribution is -2.58. The summed E-state index contributed by atoms with van der Waals surface area (Å²) in [5, 5.41) is 11.6. The SMILES string of the molecule is CC[C@H]1CN(c2nc(N)c(C(=O)NCCO)nc2Cl)CCN1C1CCN(Cc2ccc3nccn3c2)CC1. The summed E-state index contributed by atoms with van der Waals surface area (Å²) in [6, 6.07) is 5.18. The molecule has 0 spiro atoms. The molecule has 2 aliphatic rings. The first-order chi connectivity index (χ1) is 18.5. The average Bonchev–Trinajstić information content (AvgIpc) is 3.41. The van der Waals surface area contributed by atoms with Gasteiger partial charge in [-0.2, -0.15) is 0 Å². The molecule has 2 saturated heterocycles. The maximum atomic E-state index is 12.3. The molecule has 12 heteroatoms. The molecule has 2 aliphatic heterocycles. The number of aliphatic hydroxyl groups is 1. The van der Waals surface area contributed by atoms with Crippen molar-refractivity contribution in [1.82, 2.24) is 34.5 Å². The standard InChI is InChI=1S/C26H36ClN9O2/c1-2-19-17-35(25-23(27)31-22(24(28)32-25)26(38)30-8-14-37)12-13-36(19)20-5-9-33(10-6-20)15-18-3-4-21-29-7-11-34(21)16-18/h3-4,7,11,16,19-20,37H,2,5-6,8-10,12-15,17H2,1H3,(H2,28,32)(H,30,38)/t19-/m0/s1. The Morgan fingerprint density at radius 1 is 1.21 bits per heavy atom. The number of anilines is 2. The normalized spacial score (nSPS) is 19.8. The fraction of sp³-hybridized carbons (Fsp3) is 0.538. The number of piperazine rings is 1. The number of pyridine rings is 1. The first-order valence-electron chi connectivity index (χ1n) is 13.3.